The zero-order valence-electron chi connectivity index (χ0n) is 25.0. The highest BCUT2D eigenvalue weighted by Crippen LogP contribution is 2.35. The number of rotatable bonds is 9. The lowest BCUT2D eigenvalue weighted by molar-refractivity contribution is -0.134. The molecular formula is C32H41N3O5. The Labute approximate surface area is 237 Å². The lowest BCUT2D eigenvalue weighted by atomic mass is 9.92. The lowest BCUT2D eigenvalue weighted by Gasteiger charge is -2.26. The van der Waals surface area contributed by atoms with E-state index in [-0.39, 0.29) is 36.0 Å². The van der Waals surface area contributed by atoms with Crippen molar-refractivity contribution in [1.82, 2.24) is 4.90 Å². The minimum absolute atomic E-state index is 0.0214. The third kappa shape index (κ3) is 5.86. The van der Waals surface area contributed by atoms with Crippen LogP contribution < -0.4 is 9.80 Å². The van der Waals surface area contributed by atoms with Crippen LogP contribution in [-0.4, -0.2) is 47.5 Å². The Kier molecular flexibility index (Phi) is 9.66. The van der Waals surface area contributed by atoms with Crippen molar-refractivity contribution in [3.8, 4) is 0 Å². The van der Waals surface area contributed by atoms with E-state index in [1.807, 2.05) is 27.7 Å². The maximum Gasteiger partial charge on any atom is 0.257 e. The second-order valence-corrected chi connectivity index (χ2v) is 10.4. The fraction of sp³-hybridized carbons (Fsp3) is 0.469. The van der Waals surface area contributed by atoms with Crippen LogP contribution in [0.2, 0.25) is 0 Å². The Morgan fingerprint density at radius 1 is 0.750 bits per heavy atom. The van der Waals surface area contributed by atoms with Crippen molar-refractivity contribution < 1.29 is 24.0 Å². The largest absolute Gasteiger partial charge is 0.333 e. The predicted molar refractivity (Wildman–Crippen MR) is 156 cm³/mol. The summed E-state index contributed by atoms with van der Waals surface area (Å²) in [7, 11) is 1.55. The maximum absolute atomic E-state index is 13.4. The van der Waals surface area contributed by atoms with E-state index >= 15 is 0 Å². The molecule has 1 heterocycles. The van der Waals surface area contributed by atoms with E-state index in [0.717, 1.165) is 33.4 Å². The molecule has 0 saturated carbocycles. The molecular weight excluding hydrogens is 506 g/mol. The molecule has 0 N–H and O–H groups in total. The van der Waals surface area contributed by atoms with Crippen LogP contribution in [0, 0.1) is 0 Å². The van der Waals surface area contributed by atoms with Crippen molar-refractivity contribution in [2.24, 2.45) is 0 Å². The summed E-state index contributed by atoms with van der Waals surface area (Å²) in [5, 5.41) is 0. The highest BCUT2D eigenvalue weighted by Gasteiger charge is 2.43. The van der Waals surface area contributed by atoms with Crippen LogP contribution in [0.5, 0.6) is 0 Å². The number of hydrogen-bond acceptors (Lipinski definition) is 5. The Morgan fingerprint density at radius 3 is 1.55 bits per heavy atom. The first kappa shape index (κ1) is 30.7. The number of nitrogens with zero attached hydrogens (tertiary/aromatic N) is 3. The molecule has 1 saturated heterocycles. The molecule has 3 rings (SSSR count). The summed E-state index contributed by atoms with van der Waals surface area (Å²) < 4.78 is 0. The molecule has 8 heteroatoms. The second-order valence-electron chi connectivity index (χ2n) is 10.4. The number of amides is 5. The molecule has 1 atom stereocenters. The monoisotopic (exact) mass is 547 g/mol. The summed E-state index contributed by atoms with van der Waals surface area (Å²) in [5.74, 6) is -1.52. The standard InChI is InChI=1S/C32H41N3O5/c1-9-24-14-22(15-25(10-2)30(24)34(20(6)37)21(7)38)13-23-16-26(11-3)31(27(12-4)17-23)35-29(39)18-28(32(35)40)33(8)19(5)36/h14-17,28H,9-13,18H2,1-8H3. The molecule has 0 aliphatic carbocycles. The molecule has 1 aliphatic rings. The number of aryl methyl sites for hydroxylation is 4. The quantitative estimate of drug-likeness (QED) is 0.430. The van der Waals surface area contributed by atoms with Crippen molar-refractivity contribution in [2.75, 3.05) is 16.8 Å². The van der Waals surface area contributed by atoms with E-state index in [1.54, 1.807) is 7.05 Å². The predicted octanol–water partition coefficient (Wildman–Crippen LogP) is 4.54. The maximum atomic E-state index is 13.4. The van der Waals surface area contributed by atoms with Gasteiger partial charge in [-0.3, -0.25) is 28.9 Å². The minimum atomic E-state index is -0.790. The van der Waals surface area contributed by atoms with Gasteiger partial charge in [0, 0.05) is 27.8 Å². The molecule has 0 aromatic heterocycles. The Hall–Kier alpha value is -3.81. The van der Waals surface area contributed by atoms with Crippen LogP contribution >= 0.6 is 0 Å². The number of imide groups is 2. The molecule has 40 heavy (non-hydrogen) atoms. The van der Waals surface area contributed by atoms with Gasteiger partial charge in [0.15, 0.2) is 0 Å². The molecule has 2 aromatic rings. The third-order valence-electron chi connectivity index (χ3n) is 7.75. The first-order valence-electron chi connectivity index (χ1n) is 14.1. The van der Waals surface area contributed by atoms with Crippen LogP contribution in [0.25, 0.3) is 0 Å². The SMILES string of the molecule is CCc1cc(Cc2cc(CC)c(N3C(=O)CC(N(C)C(C)=O)C3=O)c(CC)c2)cc(CC)c1N(C(C)=O)C(C)=O. The fourth-order valence-electron chi connectivity index (χ4n) is 5.67. The van der Waals surface area contributed by atoms with Gasteiger partial charge in [0.05, 0.1) is 17.8 Å². The van der Waals surface area contributed by atoms with Crippen molar-refractivity contribution in [3.63, 3.8) is 0 Å². The van der Waals surface area contributed by atoms with E-state index in [2.05, 4.69) is 24.3 Å². The Morgan fingerprint density at radius 2 is 1.18 bits per heavy atom. The number of hydrogen-bond donors (Lipinski definition) is 0. The minimum Gasteiger partial charge on any atom is -0.333 e. The zero-order chi connectivity index (χ0) is 29.9. The van der Waals surface area contributed by atoms with Gasteiger partial charge in [-0.1, -0.05) is 52.0 Å². The van der Waals surface area contributed by atoms with Gasteiger partial charge in [0.1, 0.15) is 6.04 Å². The van der Waals surface area contributed by atoms with Gasteiger partial charge in [-0.25, -0.2) is 4.90 Å². The molecule has 2 aromatic carbocycles. The highest BCUT2D eigenvalue weighted by molar-refractivity contribution is 6.23. The van der Waals surface area contributed by atoms with Gasteiger partial charge in [-0.05, 0) is 65.5 Å². The average molecular weight is 548 g/mol. The lowest BCUT2D eigenvalue weighted by Crippen LogP contribution is -2.42. The van der Waals surface area contributed by atoms with Crippen LogP contribution in [0.3, 0.4) is 0 Å². The molecule has 0 spiro atoms. The number of benzene rings is 2. The number of anilines is 2. The van der Waals surface area contributed by atoms with E-state index in [9.17, 15) is 24.0 Å². The zero-order valence-corrected chi connectivity index (χ0v) is 25.0. The molecule has 1 aliphatic heterocycles. The summed E-state index contributed by atoms with van der Waals surface area (Å²) in [4.78, 5) is 66.9. The highest BCUT2D eigenvalue weighted by atomic mass is 16.2. The topological polar surface area (TPSA) is 95.1 Å². The van der Waals surface area contributed by atoms with Crippen LogP contribution in [0.4, 0.5) is 11.4 Å². The van der Waals surface area contributed by atoms with Gasteiger partial charge >= 0.3 is 0 Å². The summed E-state index contributed by atoms with van der Waals surface area (Å²) in [5.41, 5.74) is 7.14. The van der Waals surface area contributed by atoms with E-state index in [0.29, 0.717) is 43.5 Å². The molecule has 1 fully saturated rings. The number of carbonyl (C=O) groups is 5. The van der Waals surface area contributed by atoms with Crippen molar-refractivity contribution in [1.29, 1.82) is 0 Å². The van der Waals surface area contributed by atoms with E-state index in [1.165, 1.54) is 35.5 Å². The van der Waals surface area contributed by atoms with Gasteiger partial charge in [-0.15, -0.1) is 0 Å². The molecule has 8 nitrogen and oxygen atoms in total. The van der Waals surface area contributed by atoms with Crippen LogP contribution in [0.1, 0.15) is 88.3 Å². The summed E-state index contributed by atoms with van der Waals surface area (Å²) >= 11 is 0. The average Bonchev–Trinajstić information content (AvgIpc) is 3.20. The third-order valence-corrected chi connectivity index (χ3v) is 7.75. The molecule has 0 radical (unpaired) electrons. The Balaban J connectivity index is 2.07. The second kappa shape index (κ2) is 12.6. The first-order chi connectivity index (χ1) is 18.9. The van der Waals surface area contributed by atoms with Crippen LogP contribution in [-0.2, 0) is 56.1 Å². The smallest absolute Gasteiger partial charge is 0.257 e. The van der Waals surface area contributed by atoms with Crippen molar-refractivity contribution >= 4 is 40.9 Å². The molecule has 214 valence electrons. The van der Waals surface area contributed by atoms with Gasteiger partial charge in [-0.2, -0.15) is 0 Å². The Bertz CT molecular complexity index is 1300. The van der Waals surface area contributed by atoms with Crippen LogP contribution in [0.15, 0.2) is 24.3 Å². The van der Waals surface area contributed by atoms with Crippen molar-refractivity contribution in [3.05, 3.63) is 57.6 Å². The first-order valence-corrected chi connectivity index (χ1v) is 14.1. The number of likely N-dealkylation sites (N-methyl/N-ethyl adjacent to an activating group) is 1. The van der Waals surface area contributed by atoms with E-state index in [4.69, 9.17) is 0 Å². The molecule has 1 unspecified atom stereocenters. The summed E-state index contributed by atoms with van der Waals surface area (Å²) in [6.07, 6.45) is 3.20. The van der Waals surface area contributed by atoms with Crippen molar-refractivity contribution in [2.45, 2.75) is 93.0 Å². The summed E-state index contributed by atoms with van der Waals surface area (Å²) in [6.45, 7) is 12.2. The van der Waals surface area contributed by atoms with Gasteiger partial charge in [0.25, 0.3) is 5.91 Å². The summed E-state index contributed by atoms with van der Waals surface area (Å²) in [6, 6.07) is 7.45. The number of carbonyl (C=O) groups excluding carboxylic acids is 5. The molecule has 0 bridgehead atoms. The van der Waals surface area contributed by atoms with E-state index < -0.39 is 6.04 Å². The van der Waals surface area contributed by atoms with Gasteiger partial charge < -0.3 is 4.90 Å². The van der Waals surface area contributed by atoms with Gasteiger partial charge in [0.2, 0.25) is 23.6 Å². The molecule has 5 amide bonds. The normalized spacial score (nSPS) is 15.0. The fourth-order valence-corrected chi connectivity index (χ4v) is 5.67.